The fourth-order valence-corrected chi connectivity index (χ4v) is 1.86. The number of carbonyl (C=O) groups is 1. The van der Waals surface area contributed by atoms with Crippen LogP contribution in [-0.2, 0) is 11.3 Å². The Hall–Kier alpha value is -1.55. The minimum absolute atomic E-state index is 0.343. The first-order chi connectivity index (χ1) is 7.84. The lowest BCUT2D eigenvalue weighted by Gasteiger charge is -2.34. The molecule has 1 amide bonds. The Morgan fingerprint density at radius 3 is 2.29 bits per heavy atom. The van der Waals surface area contributed by atoms with E-state index in [0.717, 1.165) is 5.56 Å². The average Bonchev–Trinajstić information content (AvgIpc) is 2.39. The Bertz CT molecular complexity index is 426. The van der Waals surface area contributed by atoms with Crippen molar-refractivity contribution in [2.75, 3.05) is 0 Å². The quantitative estimate of drug-likeness (QED) is 0.854. The molecule has 0 bridgehead atoms. The molecule has 1 atom stereocenters. The molecule has 17 heavy (non-hydrogen) atoms. The molecule has 1 aromatic rings. The van der Waals surface area contributed by atoms with Crippen molar-refractivity contribution in [3.05, 3.63) is 35.9 Å². The third-order valence-electron chi connectivity index (χ3n) is 3.41. The predicted octanol–water partition coefficient (Wildman–Crippen LogP) is 2.13. The summed E-state index contributed by atoms with van der Waals surface area (Å²) in [5, 5.41) is 10.4. The van der Waals surface area contributed by atoms with Gasteiger partial charge in [0, 0.05) is 0 Å². The molecule has 0 unspecified atom stereocenters. The highest BCUT2D eigenvalue weighted by Crippen LogP contribution is 2.37. The highest BCUT2D eigenvalue weighted by atomic mass is 16.6. The first-order valence-corrected chi connectivity index (χ1v) is 5.61. The minimum Gasteiger partial charge on any atom is -0.438 e. The molecule has 0 spiro atoms. The van der Waals surface area contributed by atoms with E-state index in [9.17, 15) is 9.90 Å². The molecular weight excluding hydrogens is 218 g/mol. The lowest BCUT2D eigenvalue weighted by Crippen LogP contribution is -2.53. The van der Waals surface area contributed by atoms with Gasteiger partial charge in [0.1, 0.15) is 0 Å². The zero-order chi connectivity index (χ0) is 12.7. The van der Waals surface area contributed by atoms with Gasteiger partial charge >= 0.3 is 6.09 Å². The standard InChI is InChI=1S/C13H17NO3/c1-12(2)13(3,16)14(11(15)17-12)9-10-7-5-4-6-8-10/h4-8,16H,9H2,1-3H3/t13-/m0/s1. The Morgan fingerprint density at radius 2 is 1.82 bits per heavy atom. The van der Waals surface area contributed by atoms with Crippen LogP contribution in [-0.4, -0.2) is 27.4 Å². The summed E-state index contributed by atoms with van der Waals surface area (Å²) in [4.78, 5) is 13.1. The van der Waals surface area contributed by atoms with Crippen molar-refractivity contribution in [2.24, 2.45) is 0 Å². The summed E-state index contributed by atoms with van der Waals surface area (Å²) in [5.74, 6) is 0. The number of rotatable bonds is 2. The van der Waals surface area contributed by atoms with Crippen LogP contribution in [0.25, 0.3) is 0 Å². The number of cyclic esters (lactones) is 1. The minimum atomic E-state index is -1.31. The fraction of sp³-hybridized carbons (Fsp3) is 0.462. The van der Waals surface area contributed by atoms with E-state index >= 15 is 0 Å². The molecule has 0 saturated carbocycles. The second-order valence-corrected chi connectivity index (χ2v) is 4.97. The number of carbonyl (C=O) groups excluding carboxylic acids is 1. The number of ether oxygens (including phenoxy) is 1. The Morgan fingerprint density at radius 1 is 1.24 bits per heavy atom. The molecule has 0 radical (unpaired) electrons. The molecule has 2 rings (SSSR count). The summed E-state index contributed by atoms with van der Waals surface area (Å²) in [6, 6.07) is 9.53. The van der Waals surface area contributed by atoms with Crippen LogP contribution >= 0.6 is 0 Å². The van der Waals surface area contributed by atoms with Crippen LogP contribution in [0.5, 0.6) is 0 Å². The Kier molecular flexibility index (Phi) is 2.62. The van der Waals surface area contributed by atoms with E-state index in [0.29, 0.717) is 6.54 Å². The largest absolute Gasteiger partial charge is 0.438 e. The predicted molar refractivity (Wildman–Crippen MR) is 63.2 cm³/mol. The van der Waals surface area contributed by atoms with Crippen LogP contribution in [0.2, 0.25) is 0 Å². The highest BCUT2D eigenvalue weighted by molar-refractivity contribution is 5.72. The number of aliphatic hydroxyl groups is 1. The van der Waals surface area contributed by atoms with Gasteiger partial charge in [-0.3, -0.25) is 4.90 Å². The number of amides is 1. The molecule has 0 aromatic heterocycles. The van der Waals surface area contributed by atoms with Gasteiger partial charge in [0.05, 0.1) is 6.54 Å². The molecule has 1 fully saturated rings. The summed E-state index contributed by atoms with van der Waals surface area (Å²) in [6.07, 6.45) is -0.483. The fourth-order valence-electron chi connectivity index (χ4n) is 1.86. The maximum absolute atomic E-state index is 11.8. The van der Waals surface area contributed by atoms with Crippen molar-refractivity contribution in [3.8, 4) is 0 Å². The molecule has 1 aliphatic rings. The van der Waals surface area contributed by atoms with E-state index in [1.807, 2.05) is 30.3 Å². The highest BCUT2D eigenvalue weighted by Gasteiger charge is 2.56. The summed E-state index contributed by atoms with van der Waals surface area (Å²) in [6.45, 7) is 5.35. The summed E-state index contributed by atoms with van der Waals surface area (Å²) in [5.41, 5.74) is -1.25. The van der Waals surface area contributed by atoms with Crippen LogP contribution < -0.4 is 0 Å². The van der Waals surface area contributed by atoms with Gasteiger partial charge in [-0.2, -0.15) is 0 Å². The first-order valence-electron chi connectivity index (χ1n) is 5.61. The van der Waals surface area contributed by atoms with Crippen LogP contribution in [0.1, 0.15) is 26.3 Å². The van der Waals surface area contributed by atoms with E-state index < -0.39 is 17.4 Å². The monoisotopic (exact) mass is 235 g/mol. The molecule has 92 valence electrons. The van der Waals surface area contributed by atoms with Crippen LogP contribution in [0.15, 0.2) is 30.3 Å². The van der Waals surface area contributed by atoms with Gasteiger partial charge in [-0.15, -0.1) is 0 Å². The zero-order valence-corrected chi connectivity index (χ0v) is 10.3. The number of nitrogens with zero attached hydrogens (tertiary/aromatic N) is 1. The number of hydrogen-bond donors (Lipinski definition) is 1. The van der Waals surface area contributed by atoms with Crippen molar-refractivity contribution in [3.63, 3.8) is 0 Å². The third-order valence-corrected chi connectivity index (χ3v) is 3.41. The number of benzene rings is 1. The second-order valence-electron chi connectivity index (χ2n) is 4.97. The second kappa shape index (κ2) is 3.74. The van der Waals surface area contributed by atoms with Crippen molar-refractivity contribution in [1.82, 2.24) is 4.90 Å². The molecule has 1 saturated heterocycles. The molecule has 1 N–H and O–H groups in total. The topological polar surface area (TPSA) is 49.8 Å². The summed E-state index contributed by atoms with van der Waals surface area (Å²) in [7, 11) is 0. The normalized spacial score (nSPS) is 27.1. The van der Waals surface area contributed by atoms with Crippen molar-refractivity contribution >= 4 is 6.09 Å². The van der Waals surface area contributed by atoms with Crippen molar-refractivity contribution < 1.29 is 14.6 Å². The van der Waals surface area contributed by atoms with Gasteiger partial charge in [-0.1, -0.05) is 30.3 Å². The molecule has 4 heteroatoms. The van der Waals surface area contributed by atoms with E-state index in [4.69, 9.17) is 4.74 Å². The SMILES string of the molecule is CC1(C)OC(=O)N(Cc2ccccc2)[C@@]1(C)O. The van der Waals surface area contributed by atoms with Gasteiger partial charge in [-0.05, 0) is 26.3 Å². The zero-order valence-electron chi connectivity index (χ0n) is 10.3. The van der Waals surface area contributed by atoms with Gasteiger partial charge in [0.2, 0.25) is 0 Å². The third kappa shape index (κ3) is 1.89. The smallest absolute Gasteiger partial charge is 0.413 e. The van der Waals surface area contributed by atoms with E-state index in [1.165, 1.54) is 4.90 Å². The molecule has 1 aromatic carbocycles. The maximum atomic E-state index is 11.8. The van der Waals surface area contributed by atoms with E-state index in [-0.39, 0.29) is 0 Å². The van der Waals surface area contributed by atoms with E-state index in [1.54, 1.807) is 20.8 Å². The maximum Gasteiger partial charge on any atom is 0.413 e. The number of hydrogen-bond acceptors (Lipinski definition) is 3. The summed E-state index contributed by atoms with van der Waals surface area (Å²) < 4.78 is 5.19. The molecular formula is C13H17NO3. The molecule has 4 nitrogen and oxygen atoms in total. The molecule has 0 aliphatic carbocycles. The van der Waals surface area contributed by atoms with Crippen LogP contribution in [0.4, 0.5) is 4.79 Å². The average molecular weight is 235 g/mol. The van der Waals surface area contributed by atoms with Crippen LogP contribution in [0, 0.1) is 0 Å². The van der Waals surface area contributed by atoms with Gasteiger partial charge in [0.15, 0.2) is 11.3 Å². The Balaban J connectivity index is 2.25. The van der Waals surface area contributed by atoms with Gasteiger partial charge in [-0.25, -0.2) is 4.79 Å². The molecule has 1 heterocycles. The summed E-state index contributed by atoms with van der Waals surface area (Å²) >= 11 is 0. The molecule has 1 aliphatic heterocycles. The van der Waals surface area contributed by atoms with E-state index in [2.05, 4.69) is 0 Å². The lowest BCUT2D eigenvalue weighted by molar-refractivity contribution is -0.129. The lowest BCUT2D eigenvalue weighted by atomic mass is 9.95. The van der Waals surface area contributed by atoms with Crippen LogP contribution in [0.3, 0.4) is 0 Å². The first kappa shape index (κ1) is 11.9. The van der Waals surface area contributed by atoms with Gasteiger partial charge < -0.3 is 9.84 Å². The Labute approximate surface area is 101 Å². The van der Waals surface area contributed by atoms with Gasteiger partial charge in [0.25, 0.3) is 0 Å². The van der Waals surface area contributed by atoms with Crippen molar-refractivity contribution in [1.29, 1.82) is 0 Å². The van der Waals surface area contributed by atoms with Crippen molar-refractivity contribution in [2.45, 2.75) is 38.6 Å².